The second kappa shape index (κ2) is 2.88. The first-order valence-corrected chi connectivity index (χ1v) is 3.49. The molecule has 54 valence electrons. The third-order valence-corrected chi connectivity index (χ3v) is 1.79. The molecule has 4 heteroatoms. The average Bonchev–Trinajstić information content (AvgIpc) is 1.95. The summed E-state index contributed by atoms with van der Waals surface area (Å²) in [4.78, 5) is 3.88. The summed E-state index contributed by atoms with van der Waals surface area (Å²) in [6, 6.07) is 1.76. The molecule has 0 bridgehead atoms. The molecule has 0 radical (unpaired) electrons. The smallest absolute Gasteiger partial charge is 0.238 e. The van der Waals surface area contributed by atoms with Gasteiger partial charge in [-0.25, -0.2) is 4.98 Å². The van der Waals surface area contributed by atoms with Crippen LogP contribution in [0.4, 0.5) is 5.69 Å². The van der Waals surface area contributed by atoms with E-state index in [1.54, 1.807) is 12.3 Å². The fourth-order valence-electron chi connectivity index (χ4n) is 0.595. The van der Waals surface area contributed by atoms with Crippen LogP contribution < -0.4 is 10.5 Å². The quantitative estimate of drug-likeness (QED) is 0.750. The van der Waals surface area contributed by atoms with E-state index in [2.05, 4.69) is 20.9 Å². The highest BCUT2D eigenvalue weighted by Gasteiger charge is 2.01. The maximum absolute atomic E-state index is 5.56. The molecule has 0 fully saturated rings. The molecule has 0 saturated carbocycles. The summed E-state index contributed by atoms with van der Waals surface area (Å²) in [7, 11) is 1.53. The lowest BCUT2D eigenvalue weighted by Gasteiger charge is -2.02. The Hall–Kier alpha value is -0.770. The van der Waals surface area contributed by atoms with E-state index in [1.165, 1.54) is 7.11 Å². The van der Waals surface area contributed by atoms with Crippen LogP contribution in [0.3, 0.4) is 0 Å². The number of halogens is 1. The molecule has 0 spiro atoms. The standard InChI is InChI=1S/C6H7BrN2O/c1-10-6-5(8)4(7)2-3-9-6/h2-3H,8H2,1H3. The molecule has 0 saturated heterocycles. The maximum atomic E-state index is 5.56. The van der Waals surface area contributed by atoms with E-state index in [0.29, 0.717) is 11.6 Å². The number of nitrogen functional groups attached to an aromatic ring is 1. The lowest BCUT2D eigenvalue weighted by atomic mass is 10.4. The molecule has 0 atom stereocenters. The lowest BCUT2D eigenvalue weighted by Crippen LogP contribution is -1.95. The van der Waals surface area contributed by atoms with Gasteiger partial charge >= 0.3 is 0 Å². The first-order chi connectivity index (χ1) is 4.75. The highest BCUT2D eigenvalue weighted by molar-refractivity contribution is 9.10. The van der Waals surface area contributed by atoms with E-state index in [4.69, 9.17) is 10.5 Å². The zero-order valence-corrected chi connectivity index (χ0v) is 7.05. The summed E-state index contributed by atoms with van der Waals surface area (Å²) in [5, 5.41) is 0. The summed E-state index contributed by atoms with van der Waals surface area (Å²) in [5.74, 6) is 0.453. The van der Waals surface area contributed by atoms with E-state index in [0.717, 1.165) is 4.47 Å². The van der Waals surface area contributed by atoms with Crippen molar-refractivity contribution in [3.63, 3.8) is 0 Å². The highest BCUT2D eigenvalue weighted by atomic mass is 79.9. The monoisotopic (exact) mass is 202 g/mol. The molecule has 1 heterocycles. The summed E-state index contributed by atoms with van der Waals surface area (Å²) in [5.41, 5.74) is 6.09. The van der Waals surface area contributed by atoms with Crippen molar-refractivity contribution in [1.82, 2.24) is 4.98 Å². The number of methoxy groups -OCH3 is 1. The van der Waals surface area contributed by atoms with Gasteiger partial charge in [0, 0.05) is 10.7 Å². The molecular weight excluding hydrogens is 196 g/mol. The van der Waals surface area contributed by atoms with E-state index in [1.807, 2.05) is 0 Å². The number of hydrogen-bond acceptors (Lipinski definition) is 3. The molecule has 0 aliphatic heterocycles. The van der Waals surface area contributed by atoms with Crippen LogP contribution in [-0.2, 0) is 0 Å². The summed E-state index contributed by atoms with van der Waals surface area (Å²) < 4.78 is 5.66. The van der Waals surface area contributed by atoms with Gasteiger partial charge in [-0.15, -0.1) is 0 Å². The Bertz CT molecular complexity index is 239. The molecule has 1 aromatic rings. The second-order valence-electron chi connectivity index (χ2n) is 1.72. The zero-order chi connectivity index (χ0) is 7.56. The van der Waals surface area contributed by atoms with Gasteiger partial charge in [0.05, 0.1) is 7.11 Å². The first kappa shape index (κ1) is 7.34. The van der Waals surface area contributed by atoms with E-state index < -0.39 is 0 Å². The van der Waals surface area contributed by atoms with Gasteiger partial charge in [-0.05, 0) is 22.0 Å². The minimum Gasteiger partial charge on any atom is -0.479 e. The summed E-state index contributed by atoms with van der Waals surface area (Å²) >= 11 is 3.24. The fourth-order valence-corrected chi connectivity index (χ4v) is 0.882. The van der Waals surface area contributed by atoms with Crippen LogP contribution in [-0.4, -0.2) is 12.1 Å². The Morgan fingerprint density at radius 1 is 1.70 bits per heavy atom. The number of anilines is 1. The van der Waals surface area contributed by atoms with Crippen molar-refractivity contribution in [3.8, 4) is 5.88 Å². The van der Waals surface area contributed by atoms with Crippen LogP contribution in [0.1, 0.15) is 0 Å². The van der Waals surface area contributed by atoms with Crippen LogP contribution >= 0.6 is 15.9 Å². The topological polar surface area (TPSA) is 48.1 Å². The Balaban J connectivity index is 3.14. The number of pyridine rings is 1. The van der Waals surface area contributed by atoms with Crippen LogP contribution in [0, 0.1) is 0 Å². The number of nitrogens with two attached hydrogens (primary N) is 1. The zero-order valence-electron chi connectivity index (χ0n) is 5.47. The van der Waals surface area contributed by atoms with Crippen molar-refractivity contribution in [1.29, 1.82) is 0 Å². The van der Waals surface area contributed by atoms with Gasteiger partial charge in [0.25, 0.3) is 0 Å². The molecule has 1 aromatic heterocycles. The van der Waals surface area contributed by atoms with Crippen LogP contribution in [0.2, 0.25) is 0 Å². The predicted molar refractivity (Wildman–Crippen MR) is 42.9 cm³/mol. The van der Waals surface area contributed by atoms with Crippen molar-refractivity contribution < 1.29 is 4.74 Å². The average molecular weight is 203 g/mol. The van der Waals surface area contributed by atoms with E-state index in [-0.39, 0.29) is 0 Å². The van der Waals surface area contributed by atoms with Gasteiger partial charge in [-0.3, -0.25) is 0 Å². The molecule has 2 N–H and O–H groups in total. The number of hydrogen-bond donors (Lipinski definition) is 1. The fraction of sp³-hybridized carbons (Fsp3) is 0.167. The Morgan fingerprint density at radius 3 is 2.90 bits per heavy atom. The molecule has 1 rings (SSSR count). The first-order valence-electron chi connectivity index (χ1n) is 2.69. The van der Waals surface area contributed by atoms with Crippen molar-refractivity contribution in [3.05, 3.63) is 16.7 Å². The third-order valence-electron chi connectivity index (χ3n) is 1.09. The number of nitrogens with zero attached hydrogens (tertiary/aromatic N) is 1. The minimum atomic E-state index is 0.453. The third kappa shape index (κ3) is 1.21. The van der Waals surface area contributed by atoms with E-state index in [9.17, 15) is 0 Å². The SMILES string of the molecule is COc1nccc(Br)c1N. The molecular formula is C6H7BrN2O. The Morgan fingerprint density at radius 2 is 2.40 bits per heavy atom. The van der Waals surface area contributed by atoms with E-state index >= 15 is 0 Å². The van der Waals surface area contributed by atoms with Gasteiger partial charge in [0.2, 0.25) is 5.88 Å². The molecule has 10 heavy (non-hydrogen) atoms. The highest BCUT2D eigenvalue weighted by Crippen LogP contribution is 2.25. The minimum absolute atomic E-state index is 0.453. The summed E-state index contributed by atoms with van der Waals surface area (Å²) in [6.07, 6.45) is 1.62. The number of ether oxygens (including phenoxy) is 1. The molecule has 0 unspecified atom stereocenters. The normalized spacial score (nSPS) is 9.40. The maximum Gasteiger partial charge on any atom is 0.238 e. The van der Waals surface area contributed by atoms with Crippen LogP contribution in [0.25, 0.3) is 0 Å². The van der Waals surface area contributed by atoms with Gasteiger partial charge < -0.3 is 10.5 Å². The predicted octanol–water partition coefficient (Wildman–Crippen LogP) is 1.43. The van der Waals surface area contributed by atoms with Crippen molar-refractivity contribution in [2.45, 2.75) is 0 Å². The van der Waals surface area contributed by atoms with Crippen molar-refractivity contribution in [2.24, 2.45) is 0 Å². The Kier molecular flexibility index (Phi) is 2.11. The van der Waals surface area contributed by atoms with Gasteiger partial charge in [-0.1, -0.05) is 0 Å². The number of rotatable bonds is 1. The lowest BCUT2D eigenvalue weighted by molar-refractivity contribution is 0.400. The molecule has 0 amide bonds. The van der Waals surface area contributed by atoms with Gasteiger partial charge in [0.1, 0.15) is 5.69 Å². The van der Waals surface area contributed by atoms with Crippen LogP contribution in [0.15, 0.2) is 16.7 Å². The van der Waals surface area contributed by atoms with Crippen molar-refractivity contribution in [2.75, 3.05) is 12.8 Å². The molecule has 0 aliphatic rings. The van der Waals surface area contributed by atoms with Crippen molar-refractivity contribution >= 4 is 21.6 Å². The molecule has 0 aliphatic carbocycles. The largest absolute Gasteiger partial charge is 0.479 e. The van der Waals surface area contributed by atoms with Gasteiger partial charge in [-0.2, -0.15) is 0 Å². The molecule has 3 nitrogen and oxygen atoms in total. The van der Waals surface area contributed by atoms with Crippen LogP contribution in [0.5, 0.6) is 5.88 Å². The summed E-state index contributed by atoms with van der Waals surface area (Å²) in [6.45, 7) is 0. The Labute approximate surface area is 67.3 Å². The number of aromatic nitrogens is 1. The van der Waals surface area contributed by atoms with Gasteiger partial charge in [0.15, 0.2) is 0 Å². The second-order valence-corrected chi connectivity index (χ2v) is 2.57. The molecule has 0 aromatic carbocycles.